The standard InChI is InChI=1S/C16H24N6O2/c1-4-22-14(19-20(3)16(22)24)9-12-5-7-21(8-6-12)15(23)13-10-17-11(2)18-13/h10,12H,4-9H2,1-3H3,(H,17,18). The van der Waals surface area contributed by atoms with E-state index in [4.69, 9.17) is 0 Å². The lowest BCUT2D eigenvalue weighted by Gasteiger charge is -2.31. The Labute approximate surface area is 140 Å². The maximum Gasteiger partial charge on any atom is 0.345 e. The molecule has 1 N–H and O–H groups in total. The zero-order valence-corrected chi connectivity index (χ0v) is 14.4. The van der Waals surface area contributed by atoms with Crippen LogP contribution in [0.2, 0.25) is 0 Å². The Morgan fingerprint density at radius 1 is 1.38 bits per heavy atom. The minimum atomic E-state index is -0.0604. The van der Waals surface area contributed by atoms with E-state index >= 15 is 0 Å². The molecule has 1 fully saturated rings. The number of rotatable bonds is 4. The number of carbonyl (C=O) groups is 1. The first-order valence-electron chi connectivity index (χ1n) is 8.43. The Balaban J connectivity index is 1.60. The van der Waals surface area contributed by atoms with Crippen LogP contribution in [0.4, 0.5) is 0 Å². The summed E-state index contributed by atoms with van der Waals surface area (Å²) in [4.78, 5) is 33.3. The predicted octanol–water partition coefficient (Wildman–Crippen LogP) is 0.728. The first-order valence-corrected chi connectivity index (χ1v) is 8.43. The highest BCUT2D eigenvalue weighted by atomic mass is 16.2. The van der Waals surface area contributed by atoms with Gasteiger partial charge in [0, 0.05) is 33.1 Å². The monoisotopic (exact) mass is 332 g/mol. The number of imidazole rings is 1. The summed E-state index contributed by atoms with van der Waals surface area (Å²) < 4.78 is 3.13. The second-order valence-corrected chi connectivity index (χ2v) is 6.39. The lowest BCUT2D eigenvalue weighted by Crippen LogP contribution is -2.39. The van der Waals surface area contributed by atoms with Crippen molar-refractivity contribution in [3.63, 3.8) is 0 Å². The fourth-order valence-electron chi connectivity index (χ4n) is 3.32. The molecule has 8 nitrogen and oxygen atoms in total. The molecule has 2 aromatic heterocycles. The highest BCUT2D eigenvalue weighted by Gasteiger charge is 2.26. The number of aromatic nitrogens is 5. The highest BCUT2D eigenvalue weighted by molar-refractivity contribution is 5.92. The summed E-state index contributed by atoms with van der Waals surface area (Å²) >= 11 is 0. The summed E-state index contributed by atoms with van der Waals surface area (Å²) in [7, 11) is 1.69. The van der Waals surface area contributed by atoms with Crippen LogP contribution in [0.1, 0.15) is 41.9 Å². The predicted molar refractivity (Wildman–Crippen MR) is 88.8 cm³/mol. The van der Waals surface area contributed by atoms with Gasteiger partial charge in [0.05, 0.1) is 6.20 Å². The van der Waals surface area contributed by atoms with Crippen molar-refractivity contribution in [1.82, 2.24) is 29.2 Å². The second kappa shape index (κ2) is 6.62. The number of piperidine rings is 1. The second-order valence-electron chi connectivity index (χ2n) is 6.39. The van der Waals surface area contributed by atoms with E-state index in [-0.39, 0.29) is 11.6 Å². The highest BCUT2D eigenvalue weighted by Crippen LogP contribution is 2.21. The molecule has 2 aromatic rings. The number of aromatic amines is 1. The zero-order chi connectivity index (χ0) is 17.3. The van der Waals surface area contributed by atoms with Crippen molar-refractivity contribution < 1.29 is 4.79 Å². The summed E-state index contributed by atoms with van der Waals surface area (Å²) in [6, 6.07) is 0. The molecule has 24 heavy (non-hydrogen) atoms. The Morgan fingerprint density at radius 2 is 2.08 bits per heavy atom. The van der Waals surface area contributed by atoms with Crippen LogP contribution < -0.4 is 5.69 Å². The molecule has 0 saturated carbocycles. The van der Waals surface area contributed by atoms with Crippen molar-refractivity contribution in [1.29, 1.82) is 0 Å². The number of hydrogen-bond donors (Lipinski definition) is 1. The third-order valence-corrected chi connectivity index (χ3v) is 4.71. The molecule has 0 atom stereocenters. The average Bonchev–Trinajstić information content (AvgIpc) is 3.12. The molecule has 0 spiro atoms. The smallest absolute Gasteiger partial charge is 0.338 e. The van der Waals surface area contributed by atoms with Crippen molar-refractivity contribution in [3.05, 3.63) is 34.0 Å². The largest absolute Gasteiger partial charge is 0.345 e. The van der Waals surface area contributed by atoms with Crippen LogP contribution in [0.15, 0.2) is 11.0 Å². The van der Waals surface area contributed by atoms with Gasteiger partial charge in [0.15, 0.2) is 0 Å². The van der Waals surface area contributed by atoms with Crippen LogP contribution >= 0.6 is 0 Å². The van der Waals surface area contributed by atoms with Gasteiger partial charge in [0.25, 0.3) is 5.91 Å². The summed E-state index contributed by atoms with van der Waals surface area (Å²) in [6.07, 6.45) is 4.23. The van der Waals surface area contributed by atoms with Gasteiger partial charge in [0.2, 0.25) is 0 Å². The number of nitrogens with zero attached hydrogens (tertiary/aromatic N) is 5. The van der Waals surface area contributed by atoms with E-state index in [0.29, 0.717) is 18.2 Å². The molecule has 3 heterocycles. The molecule has 3 rings (SSSR count). The molecule has 130 valence electrons. The molecule has 1 aliphatic heterocycles. The van der Waals surface area contributed by atoms with Crippen molar-refractivity contribution >= 4 is 5.91 Å². The van der Waals surface area contributed by atoms with Crippen molar-refractivity contribution in [2.75, 3.05) is 13.1 Å². The van der Waals surface area contributed by atoms with Crippen molar-refractivity contribution in [3.8, 4) is 0 Å². The number of aryl methyl sites for hydroxylation is 2. The minimum Gasteiger partial charge on any atom is -0.338 e. The normalized spacial score (nSPS) is 15.9. The molecule has 1 amide bonds. The Bertz CT molecular complexity index is 779. The van der Waals surface area contributed by atoms with Gasteiger partial charge in [-0.25, -0.2) is 14.5 Å². The Morgan fingerprint density at radius 3 is 2.67 bits per heavy atom. The molecular weight excluding hydrogens is 308 g/mol. The van der Waals surface area contributed by atoms with Gasteiger partial charge >= 0.3 is 5.69 Å². The molecule has 1 aliphatic rings. The summed E-state index contributed by atoms with van der Waals surface area (Å²) in [6.45, 7) is 5.89. The van der Waals surface area contributed by atoms with Crippen LogP contribution in [0.5, 0.6) is 0 Å². The summed E-state index contributed by atoms with van der Waals surface area (Å²) in [5.74, 6) is 2.06. The molecular formula is C16H24N6O2. The fourth-order valence-corrected chi connectivity index (χ4v) is 3.32. The number of amides is 1. The number of likely N-dealkylation sites (tertiary alicyclic amines) is 1. The SMILES string of the molecule is CCn1c(CC2CCN(C(=O)c3cnc(C)[nH]3)CC2)nn(C)c1=O. The van der Waals surface area contributed by atoms with Gasteiger partial charge in [-0.2, -0.15) is 5.10 Å². The number of hydrogen-bond acceptors (Lipinski definition) is 4. The molecule has 1 saturated heterocycles. The topological polar surface area (TPSA) is 88.8 Å². The van der Waals surface area contributed by atoms with Crippen molar-refractivity contribution in [2.24, 2.45) is 13.0 Å². The number of carbonyl (C=O) groups excluding carboxylic acids is 1. The molecule has 8 heteroatoms. The maximum atomic E-state index is 12.4. The Kier molecular flexibility index (Phi) is 4.55. The van der Waals surface area contributed by atoms with Crippen LogP contribution in [-0.4, -0.2) is 48.2 Å². The summed E-state index contributed by atoms with van der Waals surface area (Å²) in [5, 5.41) is 4.35. The van der Waals surface area contributed by atoms with Gasteiger partial charge in [-0.05, 0) is 32.6 Å². The average molecular weight is 332 g/mol. The number of H-pyrrole nitrogens is 1. The van der Waals surface area contributed by atoms with Crippen LogP contribution in [0, 0.1) is 12.8 Å². The first-order chi connectivity index (χ1) is 11.5. The molecule has 0 unspecified atom stereocenters. The van der Waals surface area contributed by atoms with Crippen LogP contribution in [-0.2, 0) is 20.0 Å². The molecule has 0 aliphatic carbocycles. The van der Waals surface area contributed by atoms with E-state index in [0.717, 1.165) is 44.0 Å². The van der Waals surface area contributed by atoms with Gasteiger partial charge in [-0.15, -0.1) is 0 Å². The van der Waals surface area contributed by atoms with E-state index in [9.17, 15) is 9.59 Å². The maximum absolute atomic E-state index is 12.4. The van der Waals surface area contributed by atoms with Gasteiger partial charge in [-0.1, -0.05) is 0 Å². The van der Waals surface area contributed by atoms with Gasteiger partial charge in [-0.3, -0.25) is 9.36 Å². The minimum absolute atomic E-state index is 0.0114. The third-order valence-electron chi connectivity index (χ3n) is 4.71. The lowest BCUT2D eigenvalue weighted by atomic mass is 9.93. The molecule has 0 aromatic carbocycles. The van der Waals surface area contributed by atoms with Gasteiger partial charge < -0.3 is 9.88 Å². The van der Waals surface area contributed by atoms with Crippen LogP contribution in [0.3, 0.4) is 0 Å². The van der Waals surface area contributed by atoms with E-state index in [1.165, 1.54) is 4.68 Å². The van der Waals surface area contributed by atoms with Crippen molar-refractivity contribution in [2.45, 2.75) is 39.7 Å². The quantitative estimate of drug-likeness (QED) is 0.894. The van der Waals surface area contributed by atoms with E-state index in [2.05, 4.69) is 15.1 Å². The van der Waals surface area contributed by atoms with E-state index in [1.54, 1.807) is 17.8 Å². The van der Waals surface area contributed by atoms with Gasteiger partial charge in [0.1, 0.15) is 17.3 Å². The van der Waals surface area contributed by atoms with E-state index < -0.39 is 0 Å². The van der Waals surface area contributed by atoms with Crippen LogP contribution in [0.25, 0.3) is 0 Å². The molecule has 0 radical (unpaired) electrons. The Hall–Kier alpha value is -2.38. The summed E-state index contributed by atoms with van der Waals surface area (Å²) in [5.41, 5.74) is 0.491. The lowest BCUT2D eigenvalue weighted by molar-refractivity contribution is 0.0684. The zero-order valence-electron chi connectivity index (χ0n) is 14.4. The third kappa shape index (κ3) is 3.13. The van der Waals surface area contributed by atoms with E-state index in [1.807, 2.05) is 18.7 Å². The first kappa shape index (κ1) is 16.5. The molecule has 0 bridgehead atoms. The number of nitrogens with one attached hydrogen (secondary N) is 1. The fraction of sp³-hybridized carbons (Fsp3) is 0.625.